The summed E-state index contributed by atoms with van der Waals surface area (Å²) in [5, 5.41) is 14.0. The fourth-order valence-corrected chi connectivity index (χ4v) is 4.17. The van der Waals surface area contributed by atoms with Crippen LogP contribution in [0.1, 0.15) is 15.9 Å². The summed E-state index contributed by atoms with van der Waals surface area (Å²) in [6.07, 6.45) is 2.07. The zero-order valence-corrected chi connectivity index (χ0v) is 17.1. The van der Waals surface area contributed by atoms with E-state index in [4.69, 9.17) is 21.1 Å². The van der Waals surface area contributed by atoms with Gasteiger partial charge in [0.25, 0.3) is 5.91 Å². The van der Waals surface area contributed by atoms with E-state index in [9.17, 15) is 9.90 Å². The van der Waals surface area contributed by atoms with E-state index < -0.39 is 5.82 Å². The van der Waals surface area contributed by atoms with E-state index >= 15 is 4.39 Å². The normalized spacial score (nSPS) is 12.6. The number of aromatic hydroxyl groups is 1. The zero-order valence-electron chi connectivity index (χ0n) is 16.3. The number of nitrogens with zero attached hydrogens (tertiary/aromatic N) is 1. The molecule has 0 saturated carbocycles. The Labute approximate surface area is 181 Å². The van der Waals surface area contributed by atoms with Crippen LogP contribution in [0.3, 0.4) is 0 Å². The maximum Gasteiger partial charge on any atom is 0.251 e. The van der Waals surface area contributed by atoms with Gasteiger partial charge in [0.15, 0.2) is 23.1 Å². The van der Waals surface area contributed by atoms with Crippen molar-refractivity contribution in [3.63, 3.8) is 0 Å². The maximum absolute atomic E-state index is 15.5. The monoisotopic (exact) mass is 438 g/mol. The van der Waals surface area contributed by atoms with Crippen LogP contribution in [0.4, 0.5) is 4.39 Å². The Kier molecular flexibility index (Phi) is 4.55. The van der Waals surface area contributed by atoms with Gasteiger partial charge in [-0.1, -0.05) is 23.7 Å². The van der Waals surface area contributed by atoms with Crippen molar-refractivity contribution in [1.82, 2.24) is 10.3 Å². The summed E-state index contributed by atoms with van der Waals surface area (Å²) >= 11 is 6.39. The van der Waals surface area contributed by atoms with E-state index in [1.54, 1.807) is 24.3 Å². The fourth-order valence-electron chi connectivity index (χ4n) is 3.94. The summed E-state index contributed by atoms with van der Waals surface area (Å²) in [6.45, 7) is 0.420. The first kappa shape index (κ1) is 19.4. The highest BCUT2D eigenvalue weighted by molar-refractivity contribution is 6.33. The molecule has 5 rings (SSSR count). The molecule has 0 radical (unpaired) electrons. The summed E-state index contributed by atoms with van der Waals surface area (Å²) in [5.74, 6) is -0.451. The van der Waals surface area contributed by atoms with Crippen LogP contribution in [0, 0.1) is 5.82 Å². The topological polar surface area (TPSA) is 80.7 Å². The summed E-state index contributed by atoms with van der Waals surface area (Å²) in [6, 6.07) is 9.38. The molecule has 156 valence electrons. The molecular formula is C23H16ClFN2O4. The molecule has 0 atom stereocenters. The summed E-state index contributed by atoms with van der Waals surface area (Å²) in [5.41, 5.74) is 1.56. The molecule has 1 aliphatic rings. The number of phenolic OH excluding ortho intramolecular Hbond substituents is 1. The van der Waals surface area contributed by atoms with Gasteiger partial charge in [0.2, 0.25) is 0 Å². The second kappa shape index (κ2) is 7.28. The van der Waals surface area contributed by atoms with Crippen LogP contribution in [0.25, 0.3) is 21.7 Å². The van der Waals surface area contributed by atoms with Crippen molar-refractivity contribution < 1.29 is 23.8 Å². The third-order valence-corrected chi connectivity index (χ3v) is 5.62. The van der Waals surface area contributed by atoms with Crippen molar-refractivity contribution >= 4 is 39.2 Å². The third kappa shape index (κ3) is 3.00. The molecule has 0 unspecified atom stereocenters. The van der Waals surface area contributed by atoms with Crippen LogP contribution >= 0.6 is 11.6 Å². The van der Waals surface area contributed by atoms with Crippen molar-refractivity contribution in [1.29, 1.82) is 0 Å². The number of halogens is 2. The van der Waals surface area contributed by atoms with E-state index in [0.29, 0.717) is 46.4 Å². The lowest BCUT2D eigenvalue weighted by molar-refractivity contribution is 0.0964. The summed E-state index contributed by atoms with van der Waals surface area (Å²) < 4.78 is 27.0. The average molecular weight is 439 g/mol. The number of amides is 1. The van der Waals surface area contributed by atoms with Gasteiger partial charge in [-0.3, -0.25) is 9.78 Å². The Morgan fingerprint density at radius 2 is 2.13 bits per heavy atom. The zero-order chi connectivity index (χ0) is 21.7. The van der Waals surface area contributed by atoms with Gasteiger partial charge in [-0.2, -0.15) is 0 Å². The van der Waals surface area contributed by atoms with Crippen molar-refractivity contribution in [3.8, 4) is 23.0 Å². The number of ether oxygens (including phenoxy) is 2. The van der Waals surface area contributed by atoms with E-state index in [1.807, 2.05) is 0 Å². The van der Waals surface area contributed by atoms with Gasteiger partial charge >= 0.3 is 0 Å². The molecule has 0 spiro atoms. The number of hydrogen-bond donors (Lipinski definition) is 2. The quantitative estimate of drug-likeness (QED) is 0.472. The number of hydrogen-bond acceptors (Lipinski definition) is 5. The standard InChI is InChI=1S/C23H16ClFN2O4/c1-26-23(29)12-4-2-3-11-14(12)9-15(24)22(20(11)25)31-18-5-7-27-16-10-17(28)21-13(19(16)18)6-8-30-21/h2-5,7,9-10,28H,6,8H2,1H3,(H,26,29). The molecule has 1 amide bonds. The van der Waals surface area contributed by atoms with E-state index in [1.165, 1.54) is 25.4 Å². The Hall–Kier alpha value is -3.58. The number of carbonyl (C=O) groups is 1. The highest BCUT2D eigenvalue weighted by Gasteiger charge is 2.25. The molecule has 4 aromatic rings. The summed E-state index contributed by atoms with van der Waals surface area (Å²) in [4.78, 5) is 16.5. The predicted octanol–water partition coefficient (Wildman–Crippen LogP) is 4.97. The first-order valence-electron chi connectivity index (χ1n) is 9.56. The van der Waals surface area contributed by atoms with Crippen LogP contribution in [-0.2, 0) is 6.42 Å². The number of phenols is 1. The van der Waals surface area contributed by atoms with Crippen LogP contribution < -0.4 is 14.8 Å². The van der Waals surface area contributed by atoms with E-state index in [-0.39, 0.29) is 27.8 Å². The van der Waals surface area contributed by atoms with Gasteiger partial charge in [0.05, 0.1) is 22.5 Å². The van der Waals surface area contributed by atoms with Gasteiger partial charge in [-0.25, -0.2) is 4.39 Å². The molecular weight excluding hydrogens is 423 g/mol. The highest BCUT2D eigenvalue weighted by atomic mass is 35.5. The molecule has 1 aliphatic heterocycles. The van der Waals surface area contributed by atoms with Crippen LogP contribution in [-0.4, -0.2) is 29.7 Å². The minimum Gasteiger partial charge on any atom is -0.504 e. The Morgan fingerprint density at radius 1 is 1.29 bits per heavy atom. The van der Waals surface area contributed by atoms with Crippen molar-refractivity contribution in [2.45, 2.75) is 6.42 Å². The van der Waals surface area contributed by atoms with Crippen LogP contribution in [0.15, 0.2) is 42.6 Å². The molecule has 2 N–H and O–H groups in total. The fraction of sp³-hybridized carbons (Fsp3) is 0.130. The first-order chi connectivity index (χ1) is 15.0. The van der Waals surface area contributed by atoms with Crippen molar-refractivity contribution in [2.24, 2.45) is 0 Å². The number of fused-ring (bicyclic) bond motifs is 4. The van der Waals surface area contributed by atoms with Gasteiger partial charge in [-0.15, -0.1) is 0 Å². The summed E-state index contributed by atoms with van der Waals surface area (Å²) in [7, 11) is 1.51. The molecule has 31 heavy (non-hydrogen) atoms. The second-order valence-electron chi connectivity index (χ2n) is 7.09. The number of rotatable bonds is 3. The lowest BCUT2D eigenvalue weighted by atomic mass is 10.0. The lowest BCUT2D eigenvalue weighted by Gasteiger charge is -2.15. The number of carbonyl (C=O) groups excluding carboxylic acids is 1. The molecule has 8 heteroatoms. The van der Waals surface area contributed by atoms with Crippen molar-refractivity contribution in [3.05, 3.63) is 64.6 Å². The van der Waals surface area contributed by atoms with E-state index in [0.717, 1.165) is 5.56 Å². The van der Waals surface area contributed by atoms with Gasteiger partial charge < -0.3 is 19.9 Å². The molecule has 0 bridgehead atoms. The number of aromatic nitrogens is 1. The molecule has 2 heterocycles. The Bertz CT molecular complexity index is 1390. The average Bonchev–Trinajstić information content (AvgIpc) is 3.26. The largest absolute Gasteiger partial charge is 0.504 e. The molecule has 0 fully saturated rings. The predicted molar refractivity (Wildman–Crippen MR) is 115 cm³/mol. The van der Waals surface area contributed by atoms with Gasteiger partial charge in [0, 0.05) is 42.2 Å². The second-order valence-corrected chi connectivity index (χ2v) is 7.50. The first-order valence-corrected chi connectivity index (χ1v) is 9.94. The minimum atomic E-state index is -0.676. The van der Waals surface area contributed by atoms with Gasteiger partial charge in [0.1, 0.15) is 5.75 Å². The molecule has 3 aromatic carbocycles. The smallest absolute Gasteiger partial charge is 0.251 e. The molecule has 0 saturated heterocycles. The third-order valence-electron chi connectivity index (χ3n) is 5.34. The Balaban J connectivity index is 1.70. The minimum absolute atomic E-state index is 0.00120. The maximum atomic E-state index is 15.5. The van der Waals surface area contributed by atoms with Crippen LogP contribution in [0.5, 0.6) is 23.0 Å². The number of nitrogens with one attached hydrogen (secondary N) is 1. The molecule has 1 aromatic heterocycles. The lowest BCUT2D eigenvalue weighted by Crippen LogP contribution is -2.18. The number of benzene rings is 3. The van der Waals surface area contributed by atoms with Gasteiger partial charge in [-0.05, 0) is 23.6 Å². The SMILES string of the molecule is CNC(=O)c1cccc2c(F)c(Oc3ccnc4cc(O)c5c(c34)CCO5)c(Cl)cc12. The highest BCUT2D eigenvalue weighted by Crippen LogP contribution is 2.45. The number of pyridine rings is 1. The molecule has 6 nitrogen and oxygen atoms in total. The molecule has 0 aliphatic carbocycles. The van der Waals surface area contributed by atoms with Crippen LogP contribution in [0.2, 0.25) is 5.02 Å². The van der Waals surface area contributed by atoms with E-state index in [2.05, 4.69) is 10.3 Å². The van der Waals surface area contributed by atoms with Crippen molar-refractivity contribution in [2.75, 3.05) is 13.7 Å². The Morgan fingerprint density at radius 3 is 2.94 bits per heavy atom.